The van der Waals surface area contributed by atoms with Gasteiger partial charge in [-0.2, -0.15) is 0 Å². The van der Waals surface area contributed by atoms with Crippen LogP contribution in [-0.2, 0) is 4.79 Å². The topological polar surface area (TPSA) is 37.3 Å². The summed E-state index contributed by atoms with van der Waals surface area (Å²) in [5.41, 5.74) is -0.489. The highest BCUT2D eigenvalue weighted by Gasteiger charge is 2.57. The fourth-order valence-corrected chi connectivity index (χ4v) is 2.79. The summed E-state index contributed by atoms with van der Waals surface area (Å²) >= 11 is 1.71. The summed E-state index contributed by atoms with van der Waals surface area (Å²) in [5, 5.41) is 8.96. The Balaban J connectivity index is 2.20. The van der Waals surface area contributed by atoms with E-state index in [1.54, 1.807) is 11.3 Å². The van der Waals surface area contributed by atoms with Gasteiger partial charge in [0.2, 0.25) is 0 Å². The van der Waals surface area contributed by atoms with Crippen molar-refractivity contribution < 1.29 is 9.90 Å². The van der Waals surface area contributed by atoms with Crippen LogP contribution in [0, 0.1) is 12.3 Å². The monoisotopic (exact) mass is 196 g/mol. The van der Waals surface area contributed by atoms with E-state index < -0.39 is 11.4 Å². The van der Waals surface area contributed by atoms with Gasteiger partial charge in [-0.25, -0.2) is 0 Å². The van der Waals surface area contributed by atoms with Crippen LogP contribution in [0.2, 0.25) is 0 Å². The molecule has 13 heavy (non-hydrogen) atoms. The van der Waals surface area contributed by atoms with Gasteiger partial charge in [-0.05, 0) is 32.4 Å². The van der Waals surface area contributed by atoms with Gasteiger partial charge in [-0.3, -0.25) is 4.79 Å². The normalized spacial score (nSPS) is 31.7. The van der Waals surface area contributed by atoms with Crippen molar-refractivity contribution in [3.05, 3.63) is 21.9 Å². The maximum absolute atomic E-state index is 10.9. The van der Waals surface area contributed by atoms with Gasteiger partial charge in [0.05, 0.1) is 5.41 Å². The summed E-state index contributed by atoms with van der Waals surface area (Å²) in [4.78, 5) is 13.4. The third kappa shape index (κ3) is 1.27. The number of thiophene rings is 1. The number of aliphatic carboxylic acids is 1. The Hall–Kier alpha value is -0.830. The van der Waals surface area contributed by atoms with Crippen LogP contribution in [0.1, 0.15) is 29.0 Å². The Bertz CT molecular complexity index is 356. The molecule has 0 spiro atoms. The van der Waals surface area contributed by atoms with Crippen LogP contribution in [0.25, 0.3) is 0 Å². The third-order valence-corrected chi connectivity index (χ3v) is 3.94. The van der Waals surface area contributed by atoms with Gasteiger partial charge >= 0.3 is 5.97 Å². The van der Waals surface area contributed by atoms with Gasteiger partial charge in [0.15, 0.2) is 0 Å². The summed E-state index contributed by atoms with van der Waals surface area (Å²) in [6, 6.07) is 4.11. The van der Waals surface area contributed by atoms with Crippen LogP contribution in [-0.4, -0.2) is 11.1 Å². The highest BCUT2D eigenvalue weighted by atomic mass is 32.1. The molecule has 1 saturated carbocycles. The van der Waals surface area contributed by atoms with Crippen molar-refractivity contribution >= 4 is 17.3 Å². The predicted molar refractivity (Wildman–Crippen MR) is 52.2 cm³/mol. The minimum absolute atomic E-state index is 0.253. The summed E-state index contributed by atoms with van der Waals surface area (Å²) in [7, 11) is 0. The van der Waals surface area contributed by atoms with Crippen LogP contribution in [0.5, 0.6) is 0 Å². The number of hydrogen-bond donors (Lipinski definition) is 1. The highest BCUT2D eigenvalue weighted by molar-refractivity contribution is 7.12. The number of hydrogen-bond acceptors (Lipinski definition) is 2. The Kier molecular flexibility index (Phi) is 1.74. The molecule has 2 rings (SSSR count). The fourth-order valence-electron chi connectivity index (χ4n) is 1.66. The second kappa shape index (κ2) is 2.58. The number of carboxylic acid groups (broad SMARTS) is 1. The van der Waals surface area contributed by atoms with Crippen LogP contribution >= 0.6 is 11.3 Å². The first-order valence-corrected chi connectivity index (χ1v) is 5.15. The molecule has 3 heteroatoms. The van der Waals surface area contributed by atoms with E-state index in [0.717, 1.165) is 6.42 Å². The largest absolute Gasteiger partial charge is 0.481 e. The average Bonchev–Trinajstić information content (AvgIpc) is 2.55. The van der Waals surface area contributed by atoms with Gasteiger partial charge in [-0.1, -0.05) is 0 Å². The highest BCUT2D eigenvalue weighted by Crippen LogP contribution is 2.60. The van der Waals surface area contributed by atoms with Gasteiger partial charge in [0, 0.05) is 15.7 Å². The molecule has 1 fully saturated rings. The number of aryl methyl sites for hydroxylation is 1. The van der Waals surface area contributed by atoms with Crippen LogP contribution in [0.15, 0.2) is 12.1 Å². The summed E-state index contributed by atoms with van der Waals surface area (Å²) in [5.74, 6) is -0.410. The van der Waals surface area contributed by atoms with E-state index in [9.17, 15) is 4.79 Å². The van der Waals surface area contributed by atoms with E-state index in [4.69, 9.17) is 5.11 Å². The van der Waals surface area contributed by atoms with E-state index in [1.807, 2.05) is 6.92 Å². The fraction of sp³-hybridized carbons (Fsp3) is 0.500. The second-order valence-corrected chi connectivity index (χ2v) is 5.25. The van der Waals surface area contributed by atoms with Crippen molar-refractivity contribution in [1.82, 2.24) is 0 Å². The molecule has 1 aliphatic carbocycles. The number of carboxylic acids is 1. The maximum Gasteiger partial charge on any atom is 0.310 e. The van der Waals surface area contributed by atoms with Gasteiger partial charge < -0.3 is 5.11 Å². The standard InChI is InChI=1S/C10H12O2S/c1-6-3-4-8(13-6)7-5-10(7,2)9(11)12/h3-4,7H,5H2,1-2H3,(H,11,12). The lowest BCUT2D eigenvalue weighted by atomic mass is 10.1. The number of rotatable bonds is 2. The van der Waals surface area contributed by atoms with E-state index in [-0.39, 0.29) is 5.92 Å². The van der Waals surface area contributed by atoms with Gasteiger partial charge in [0.1, 0.15) is 0 Å². The molecule has 1 aromatic rings. The van der Waals surface area contributed by atoms with E-state index in [2.05, 4.69) is 19.1 Å². The predicted octanol–water partition coefficient (Wildman–Crippen LogP) is 2.63. The van der Waals surface area contributed by atoms with Crippen molar-refractivity contribution in [1.29, 1.82) is 0 Å². The van der Waals surface area contributed by atoms with E-state index >= 15 is 0 Å². The quantitative estimate of drug-likeness (QED) is 0.789. The first-order valence-electron chi connectivity index (χ1n) is 4.34. The van der Waals surface area contributed by atoms with Crippen molar-refractivity contribution in [2.75, 3.05) is 0 Å². The van der Waals surface area contributed by atoms with Crippen LogP contribution < -0.4 is 0 Å². The van der Waals surface area contributed by atoms with Crippen LogP contribution in [0.4, 0.5) is 0 Å². The minimum Gasteiger partial charge on any atom is -0.481 e. The maximum atomic E-state index is 10.9. The molecule has 1 N–H and O–H groups in total. The van der Waals surface area contributed by atoms with Crippen molar-refractivity contribution in [2.24, 2.45) is 5.41 Å². The summed E-state index contributed by atoms with van der Waals surface area (Å²) in [6.07, 6.45) is 0.794. The van der Waals surface area contributed by atoms with Crippen molar-refractivity contribution in [3.63, 3.8) is 0 Å². The second-order valence-electron chi connectivity index (χ2n) is 3.93. The lowest BCUT2D eigenvalue weighted by molar-refractivity contribution is -0.142. The van der Waals surface area contributed by atoms with Crippen molar-refractivity contribution in [2.45, 2.75) is 26.2 Å². The lowest BCUT2D eigenvalue weighted by Gasteiger charge is -2.01. The molecule has 0 aliphatic heterocycles. The molecule has 0 amide bonds. The van der Waals surface area contributed by atoms with Crippen molar-refractivity contribution in [3.8, 4) is 0 Å². The Labute approximate surface area is 81.2 Å². The molecule has 70 valence electrons. The molecule has 1 aromatic heterocycles. The molecule has 0 aromatic carbocycles. The Morgan fingerprint density at radius 2 is 2.38 bits per heavy atom. The minimum atomic E-state index is -0.663. The molecule has 0 radical (unpaired) electrons. The third-order valence-electron chi connectivity index (χ3n) is 2.83. The molecule has 2 atom stereocenters. The zero-order chi connectivity index (χ0) is 9.64. The van der Waals surface area contributed by atoms with E-state index in [1.165, 1.54) is 9.75 Å². The zero-order valence-electron chi connectivity index (χ0n) is 7.70. The molecule has 2 nitrogen and oxygen atoms in total. The Morgan fingerprint density at radius 3 is 2.77 bits per heavy atom. The van der Waals surface area contributed by atoms with Crippen LogP contribution in [0.3, 0.4) is 0 Å². The van der Waals surface area contributed by atoms with Gasteiger partial charge in [-0.15, -0.1) is 11.3 Å². The molecule has 1 heterocycles. The smallest absolute Gasteiger partial charge is 0.310 e. The SMILES string of the molecule is Cc1ccc(C2CC2(C)C(=O)O)s1. The molecule has 1 aliphatic rings. The zero-order valence-corrected chi connectivity index (χ0v) is 8.52. The molecule has 0 saturated heterocycles. The Morgan fingerprint density at radius 1 is 1.69 bits per heavy atom. The van der Waals surface area contributed by atoms with E-state index in [0.29, 0.717) is 0 Å². The lowest BCUT2D eigenvalue weighted by Crippen LogP contribution is -2.11. The molecular weight excluding hydrogens is 184 g/mol. The first kappa shape index (κ1) is 8.75. The number of carbonyl (C=O) groups is 1. The van der Waals surface area contributed by atoms with Gasteiger partial charge in [0.25, 0.3) is 0 Å². The summed E-state index contributed by atoms with van der Waals surface area (Å²) in [6.45, 7) is 3.88. The molecular formula is C10H12O2S. The molecule has 2 unspecified atom stereocenters. The molecule has 0 bridgehead atoms. The first-order chi connectivity index (χ1) is 6.04. The average molecular weight is 196 g/mol. The summed E-state index contributed by atoms with van der Waals surface area (Å²) < 4.78 is 0.